The molecule has 2 aromatic carbocycles. The van der Waals surface area contributed by atoms with E-state index >= 15 is 0 Å². The fourth-order valence-corrected chi connectivity index (χ4v) is 3.38. The number of halogens is 3. The van der Waals surface area contributed by atoms with Crippen LogP contribution in [0, 0.1) is 0 Å². The Kier molecular flexibility index (Phi) is 9.71. The maximum atomic E-state index is 12.1. The van der Waals surface area contributed by atoms with Crippen molar-refractivity contribution < 1.29 is 27.8 Å². The molecule has 6 heteroatoms. The zero-order valence-corrected chi connectivity index (χ0v) is 17.1. The molecule has 0 aromatic heterocycles. The zero-order chi connectivity index (χ0) is 21.8. The molecule has 0 heterocycles. The number of carboxylic acids is 1. The van der Waals surface area contributed by atoms with E-state index in [9.17, 15) is 23.1 Å². The predicted octanol–water partition coefficient (Wildman–Crippen LogP) is 7.19. The van der Waals surface area contributed by atoms with Gasteiger partial charge in [0, 0.05) is 6.42 Å². The maximum absolute atomic E-state index is 12.1. The number of carboxylic acid groups (broad SMARTS) is 1. The van der Waals surface area contributed by atoms with E-state index in [2.05, 4.69) is 0 Å². The van der Waals surface area contributed by atoms with Gasteiger partial charge in [-0.1, -0.05) is 74.6 Å². The SMILES string of the molecule is O=C(O)c1cccc(CCCCCCCCCC(F)(F)F)c1OCc1ccccc1. The lowest BCUT2D eigenvalue weighted by Crippen LogP contribution is -2.06. The van der Waals surface area contributed by atoms with Gasteiger partial charge in [0.05, 0.1) is 0 Å². The Morgan fingerprint density at radius 1 is 0.833 bits per heavy atom. The minimum atomic E-state index is -4.05. The van der Waals surface area contributed by atoms with E-state index in [-0.39, 0.29) is 12.0 Å². The Labute approximate surface area is 175 Å². The molecule has 3 nitrogen and oxygen atoms in total. The van der Waals surface area contributed by atoms with Crippen LogP contribution in [0.4, 0.5) is 13.2 Å². The molecule has 0 fully saturated rings. The van der Waals surface area contributed by atoms with Crippen LogP contribution in [0.3, 0.4) is 0 Å². The molecule has 0 aliphatic carbocycles. The first-order valence-corrected chi connectivity index (χ1v) is 10.5. The second kappa shape index (κ2) is 12.3. The summed E-state index contributed by atoms with van der Waals surface area (Å²) in [6.07, 6.45) is 1.31. The lowest BCUT2D eigenvalue weighted by Gasteiger charge is -2.14. The molecule has 0 aliphatic rings. The largest absolute Gasteiger partial charge is 0.488 e. The van der Waals surface area contributed by atoms with Crippen molar-refractivity contribution in [3.63, 3.8) is 0 Å². The van der Waals surface area contributed by atoms with Crippen molar-refractivity contribution in [1.29, 1.82) is 0 Å². The summed E-state index contributed by atoms with van der Waals surface area (Å²) in [6.45, 7) is 0.302. The number of carbonyl (C=O) groups is 1. The van der Waals surface area contributed by atoms with E-state index in [0.717, 1.165) is 43.2 Å². The molecule has 0 spiro atoms. The van der Waals surface area contributed by atoms with Crippen molar-refractivity contribution in [2.24, 2.45) is 0 Å². The molecule has 0 atom stereocenters. The van der Waals surface area contributed by atoms with Crippen LogP contribution in [0.5, 0.6) is 5.75 Å². The lowest BCUT2D eigenvalue weighted by atomic mass is 10.0. The number of hydrogen-bond acceptors (Lipinski definition) is 2. The Bertz CT molecular complexity index is 773. The van der Waals surface area contributed by atoms with Gasteiger partial charge in [0.1, 0.15) is 17.9 Å². The van der Waals surface area contributed by atoms with Gasteiger partial charge < -0.3 is 9.84 Å². The van der Waals surface area contributed by atoms with Crippen LogP contribution < -0.4 is 4.74 Å². The van der Waals surface area contributed by atoms with Crippen LogP contribution in [-0.2, 0) is 13.0 Å². The van der Waals surface area contributed by atoms with E-state index in [1.54, 1.807) is 12.1 Å². The van der Waals surface area contributed by atoms with Crippen molar-refractivity contribution in [2.45, 2.75) is 70.6 Å². The van der Waals surface area contributed by atoms with E-state index < -0.39 is 18.6 Å². The number of benzene rings is 2. The number of aryl methyl sites for hydroxylation is 1. The molecule has 0 saturated carbocycles. The number of alkyl halides is 3. The minimum Gasteiger partial charge on any atom is -0.488 e. The average Bonchev–Trinajstić information content (AvgIpc) is 2.71. The molecule has 0 bridgehead atoms. The third-order valence-corrected chi connectivity index (χ3v) is 4.96. The van der Waals surface area contributed by atoms with Crippen molar-refractivity contribution in [3.05, 3.63) is 65.2 Å². The monoisotopic (exact) mass is 422 g/mol. The first-order chi connectivity index (χ1) is 14.4. The van der Waals surface area contributed by atoms with Crippen molar-refractivity contribution in [1.82, 2.24) is 0 Å². The Hall–Kier alpha value is -2.50. The fraction of sp³-hybridized carbons (Fsp3) is 0.458. The smallest absolute Gasteiger partial charge is 0.389 e. The molecule has 164 valence electrons. The third kappa shape index (κ3) is 8.89. The molecule has 0 amide bonds. The first kappa shape index (κ1) is 23.8. The van der Waals surface area contributed by atoms with Crippen LogP contribution >= 0.6 is 0 Å². The van der Waals surface area contributed by atoms with Crippen LogP contribution in [0.15, 0.2) is 48.5 Å². The molecule has 2 aromatic rings. The van der Waals surface area contributed by atoms with E-state index in [1.807, 2.05) is 36.4 Å². The summed E-state index contributed by atoms with van der Waals surface area (Å²) in [5.74, 6) is -0.597. The Balaban J connectivity index is 1.79. The molecule has 0 unspecified atom stereocenters. The highest BCUT2D eigenvalue weighted by Crippen LogP contribution is 2.27. The standard InChI is InChI=1S/C24H29F3O3/c25-24(26,27)17-10-5-3-1-2-4-9-14-20-15-11-16-21(23(28)29)22(20)30-18-19-12-7-6-8-13-19/h6-8,11-13,15-16H,1-5,9-10,14,17-18H2,(H,28,29). The molecule has 0 aliphatic heterocycles. The summed E-state index contributed by atoms with van der Waals surface area (Å²) >= 11 is 0. The highest BCUT2D eigenvalue weighted by Gasteiger charge is 2.25. The first-order valence-electron chi connectivity index (χ1n) is 10.5. The second-order valence-electron chi connectivity index (χ2n) is 7.46. The van der Waals surface area contributed by atoms with Crippen molar-refractivity contribution in [2.75, 3.05) is 0 Å². The van der Waals surface area contributed by atoms with Gasteiger partial charge in [-0.15, -0.1) is 0 Å². The van der Waals surface area contributed by atoms with Gasteiger partial charge in [0.2, 0.25) is 0 Å². The van der Waals surface area contributed by atoms with Gasteiger partial charge in [-0.2, -0.15) is 13.2 Å². The molecular weight excluding hydrogens is 393 g/mol. The third-order valence-electron chi connectivity index (χ3n) is 4.96. The number of para-hydroxylation sites is 1. The average molecular weight is 422 g/mol. The minimum absolute atomic E-state index is 0.160. The molecule has 1 N–H and O–H groups in total. The Morgan fingerprint density at radius 2 is 1.47 bits per heavy atom. The van der Waals surface area contributed by atoms with Gasteiger partial charge in [0.15, 0.2) is 0 Å². The molecule has 0 radical (unpaired) electrons. The number of hydrogen-bond donors (Lipinski definition) is 1. The quantitative estimate of drug-likeness (QED) is 0.348. The topological polar surface area (TPSA) is 46.5 Å². The van der Waals surface area contributed by atoms with Crippen LogP contribution in [0.25, 0.3) is 0 Å². The van der Waals surface area contributed by atoms with Crippen LogP contribution in [-0.4, -0.2) is 17.3 Å². The number of aromatic carboxylic acids is 1. The summed E-state index contributed by atoms with van der Waals surface area (Å²) in [6, 6.07) is 14.8. The summed E-state index contributed by atoms with van der Waals surface area (Å²) in [5.41, 5.74) is 2.00. The van der Waals surface area contributed by atoms with Gasteiger partial charge in [-0.25, -0.2) is 4.79 Å². The maximum Gasteiger partial charge on any atom is 0.389 e. The van der Waals surface area contributed by atoms with Crippen LogP contribution in [0.1, 0.15) is 72.9 Å². The molecule has 0 saturated heterocycles. The van der Waals surface area contributed by atoms with E-state index in [1.165, 1.54) is 0 Å². The summed E-state index contributed by atoms with van der Waals surface area (Å²) < 4.78 is 42.2. The lowest BCUT2D eigenvalue weighted by molar-refractivity contribution is -0.135. The van der Waals surface area contributed by atoms with Crippen LogP contribution in [0.2, 0.25) is 0 Å². The highest BCUT2D eigenvalue weighted by atomic mass is 19.4. The normalized spacial score (nSPS) is 11.4. The Morgan fingerprint density at radius 3 is 2.10 bits per heavy atom. The van der Waals surface area contributed by atoms with Gasteiger partial charge in [0.25, 0.3) is 0 Å². The second-order valence-corrected chi connectivity index (χ2v) is 7.46. The van der Waals surface area contributed by atoms with Crippen molar-refractivity contribution >= 4 is 5.97 Å². The number of unbranched alkanes of at least 4 members (excludes halogenated alkanes) is 6. The highest BCUT2D eigenvalue weighted by molar-refractivity contribution is 5.91. The molecule has 30 heavy (non-hydrogen) atoms. The number of rotatable bonds is 13. The summed E-state index contributed by atoms with van der Waals surface area (Å²) in [4.78, 5) is 11.6. The summed E-state index contributed by atoms with van der Waals surface area (Å²) in [5, 5.41) is 9.50. The van der Waals surface area contributed by atoms with E-state index in [0.29, 0.717) is 25.2 Å². The zero-order valence-electron chi connectivity index (χ0n) is 17.1. The molecular formula is C24H29F3O3. The van der Waals surface area contributed by atoms with Crippen molar-refractivity contribution in [3.8, 4) is 5.75 Å². The van der Waals surface area contributed by atoms with Gasteiger partial charge >= 0.3 is 12.1 Å². The predicted molar refractivity (Wildman–Crippen MR) is 111 cm³/mol. The number of ether oxygens (including phenoxy) is 1. The summed E-state index contributed by atoms with van der Waals surface area (Å²) in [7, 11) is 0. The van der Waals surface area contributed by atoms with Gasteiger partial charge in [-0.3, -0.25) is 0 Å². The molecule has 2 rings (SSSR count). The van der Waals surface area contributed by atoms with Gasteiger partial charge in [-0.05, 0) is 36.5 Å². The fourth-order valence-electron chi connectivity index (χ4n) is 3.38. The van der Waals surface area contributed by atoms with E-state index in [4.69, 9.17) is 4.74 Å².